The van der Waals surface area contributed by atoms with E-state index in [4.69, 9.17) is 16.3 Å². The summed E-state index contributed by atoms with van der Waals surface area (Å²) in [6.07, 6.45) is 0. The van der Waals surface area contributed by atoms with E-state index in [1.165, 1.54) is 10.8 Å². The van der Waals surface area contributed by atoms with Crippen molar-refractivity contribution in [3.8, 4) is 5.75 Å². The number of halogens is 1. The van der Waals surface area contributed by atoms with E-state index in [9.17, 15) is 0 Å². The Morgan fingerprint density at radius 3 is 2.64 bits per heavy atom. The molecule has 0 aliphatic rings. The number of rotatable bonds is 5. The molecule has 0 heterocycles. The largest absolute Gasteiger partial charge is 0.492 e. The Bertz CT molecular complexity index is 780. The van der Waals surface area contributed by atoms with Crippen molar-refractivity contribution in [3.63, 3.8) is 0 Å². The third-order valence-electron chi connectivity index (χ3n) is 3.57. The Hall–Kier alpha value is -2.19. The lowest BCUT2D eigenvalue weighted by molar-refractivity contribution is 0.340. The minimum Gasteiger partial charge on any atom is -0.492 e. The molecule has 3 heteroatoms. The first-order chi connectivity index (χ1) is 10.8. The Morgan fingerprint density at radius 1 is 1.00 bits per heavy atom. The minimum absolute atomic E-state index is 0.618. The minimum atomic E-state index is 0.618. The van der Waals surface area contributed by atoms with Crippen LogP contribution in [0.5, 0.6) is 5.75 Å². The standard InChI is InChI=1S/C19H18ClNO/c1-2-22-19-11-10-14(12-17(19)20)13-21-18-9-5-7-15-6-3-4-8-16(15)18/h3-12,21H,2,13H2,1H3. The van der Waals surface area contributed by atoms with Crippen molar-refractivity contribution in [2.24, 2.45) is 0 Å². The van der Waals surface area contributed by atoms with Crippen LogP contribution in [0.25, 0.3) is 10.8 Å². The van der Waals surface area contributed by atoms with E-state index < -0.39 is 0 Å². The van der Waals surface area contributed by atoms with Crippen LogP contribution in [0.1, 0.15) is 12.5 Å². The molecule has 0 spiro atoms. The van der Waals surface area contributed by atoms with Gasteiger partial charge in [-0.05, 0) is 36.1 Å². The molecule has 3 aromatic carbocycles. The van der Waals surface area contributed by atoms with Crippen molar-refractivity contribution in [2.45, 2.75) is 13.5 Å². The van der Waals surface area contributed by atoms with Crippen molar-refractivity contribution in [1.82, 2.24) is 0 Å². The third kappa shape index (κ3) is 3.18. The summed E-state index contributed by atoms with van der Waals surface area (Å²) >= 11 is 6.23. The second-order valence-corrected chi connectivity index (χ2v) is 5.49. The maximum absolute atomic E-state index is 6.23. The molecular formula is C19H18ClNO. The van der Waals surface area contributed by atoms with Gasteiger partial charge in [-0.2, -0.15) is 0 Å². The average Bonchev–Trinajstić information content (AvgIpc) is 2.55. The molecule has 3 rings (SSSR count). The summed E-state index contributed by atoms with van der Waals surface area (Å²) in [6.45, 7) is 3.29. The molecule has 0 saturated heterocycles. The summed E-state index contributed by atoms with van der Waals surface area (Å²) in [7, 11) is 0. The van der Waals surface area contributed by atoms with Gasteiger partial charge in [0.25, 0.3) is 0 Å². The average molecular weight is 312 g/mol. The number of fused-ring (bicyclic) bond motifs is 1. The molecule has 22 heavy (non-hydrogen) atoms. The lowest BCUT2D eigenvalue weighted by Crippen LogP contribution is -2.00. The summed E-state index contributed by atoms with van der Waals surface area (Å²) in [5, 5.41) is 6.59. The fourth-order valence-corrected chi connectivity index (χ4v) is 2.76. The first-order valence-electron chi connectivity index (χ1n) is 7.41. The molecule has 1 N–H and O–H groups in total. The maximum atomic E-state index is 6.23. The summed E-state index contributed by atoms with van der Waals surface area (Å²) in [6, 6.07) is 20.5. The van der Waals surface area contributed by atoms with E-state index in [0.29, 0.717) is 11.6 Å². The van der Waals surface area contributed by atoms with E-state index >= 15 is 0 Å². The highest BCUT2D eigenvalue weighted by Crippen LogP contribution is 2.27. The smallest absolute Gasteiger partial charge is 0.137 e. The second kappa shape index (κ2) is 6.71. The zero-order valence-electron chi connectivity index (χ0n) is 12.5. The van der Waals surface area contributed by atoms with Crippen LogP contribution in [-0.4, -0.2) is 6.61 Å². The SMILES string of the molecule is CCOc1ccc(CNc2cccc3ccccc23)cc1Cl. The Morgan fingerprint density at radius 2 is 1.82 bits per heavy atom. The highest BCUT2D eigenvalue weighted by molar-refractivity contribution is 6.32. The molecule has 3 aromatic rings. The molecule has 2 nitrogen and oxygen atoms in total. The maximum Gasteiger partial charge on any atom is 0.137 e. The molecule has 0 aliphatic heterocycles. The summed E-state index contributed by atoms with van der Waals surface area (Å²) in [5.41, 5.74) is 2.25. The van der Waals surface area contributed by atoms with E-state index in [2.05, 4.69) is 47.8 Å². The summed E-state index contributed by atoms with van der Waals surface area (Å²) in [5.74, 6) is 0.734. The topological polar surface area (TPSA) is 21.3 Å². The van der Waals surface area contributed by atoms with Crippen LogP contribution in [0.4, 0.5) is 5.69 Å². The lowest BCUT2D eigenvalue weighted by atomic mass is 10.1. The highest BCUT2D eigenvalue weighted by Gasteiger charge is 2.04. The van der Waals surface area contributed by atoms with Crippen molar-refractivity contribution in [3.05, 3.63) is 71.2 Å². The Labute approximate surface area is 135 Å². The molecular weight excluding hydrogens is 294 g/mol. The van der Waals surface area contributed by atoms with E-state index in [-0.39, 0.29) is 0 Å². The number of hydrogen-bond acceptors (Lipinski definition) is 2. The number of benzene rings is 3. The van der Waals surface area contributed by atoms with Gasteiger partial charge >= 0.3 is 0 Å². The van der Waals surface area contributed by atoms with E-state index in [1.54, 1.807) is 0 Å². The Balaban J connectivity index is 1.78. The molecule has 0 amide bonds. The van der Waals surface area contributed by atoms with Gasteiger partial charge in [0.15, 0.2) is 0 Å². The van der Waals surface area contributed by atoms with Gasteiger partial charge in [-0.25, -0.2) is 0 Å². The molecule has 0 aliphatic carbocycles. The molecule has 112 valence electrons. The molecule has 0 bridgehead atoms. The molecule has 0 atom stereocenters. The van der Waals surface area contributed by atoms with Gasteiger partial charge in [-0.3, -0.25) is 0 Å². The highest BCUT2D eigenvalue weighted by atomic mass is 35.5. The zero-order chi connectivity index (χ0) is 15.4. The number of nitrogens with one attached hydrogen (secondary N) is 1. The number of anilines is 1. The molecule has 0 fully saturated rings. The summed E-state index contributed by atoms with van der Waals surface area (Å²) in [4.78, 5) is 0. The zero-order valence-corrected chi connectivity index (χ0v) is 13.2. The van der Waals surface area contributed by atoms with Gasteiger partial charge in [-0.1, -0.05) is 54.1 Å². The van der Waals surface area contributed by atoms with Crippen LogP contribution in [0.2, 0.25) is 5.02 Å². The van der Waals surface area contributed by atoms with Crippen molar-refractivity contribution < 1.29 is 4.74 Å². The number of ether oxygens (including phenoxy) is 1. The van der Waals surface area contributed by atoms with Gasteiger partial charge in [-0.15, -0.1) is 0 Å². The molecule has 0 unspecified atom stereocenters. The van der Waals surface area contributed by atoms with Gasteiger partial charge in [0.2, 0.25) is 0 Å². The van der Waals surface area contributed by atoms with Crippen molar-refractivity contribution in [1.29, 1.82) is 0 Å². The number of hydrogen-bond donors (Lipinski definition) is 1. The van der Waals surface area contributed by atoms with Gasteiger partial charge in [0, 0.05) is 17.6 Å². The van der Waals surface area contributed by atoms with Crippen LogP contribution in [0.15, 0.2) is 60.7 Å². The summed E-state index contributed by atoms with van der Waals surface area (Å²) < 4.78 is 5.46. The predicted molar refractivity (Wildman–Crippen MR) is 93.9 cm³/mol. The fraction of sp³-hybridized carbons (Fsp3) is 0.158. The Kier molecular flexibility index (Phi) is 4.50. The van der Waals surface area contributed by atoms with Gasteiger partial charge in [0.05, 0.1) is 11.6 Å². The van der Waals surface area contributed by atoms with E-state index in [1.807, 2.05) is 25.1 Å². The van der Waals surface area contributed by atoms with Gasteiger partial charge in [0.1, 0.15) is 5.75 Å². The van der Waals surface area contributed by atoms with Crippen LogP contribution in [0.3, 0.4) is 0 Å². The molecule has 0 saturated carbocycles. The fourth-order valence-electron chi connectivity index (χ4n) is 2.50. The first-order valence-corrected chi connectivity index (χ1v) is 7.78. The monoisotopic (exact) mass is 311 g/mol. The molecule has 0 aromatic heterocycles. The first kappa shape index (κ1) is 14.7. The van der Waals surface area contributed by atoms with Crippen LogP contribution in [0, 0.1) is 0 Å². The predicted octanol–water partition coefficient (Wildman–Crippen LogP) is 5.50. The van der Waals surface area contributed by atoms with Crippen LogP contribution in [-0.2, 0) is 6.54 Å². The third-order valence-corrected chi connectivity index (χ3v) is 3.86. The normalized spacial score (nSPS) is 10.6. The quantitative estimate of drug-likeness (QED) is 0.671. The molecule has 0 radical (unpaired) electrons. The van der Waals surface area contributed by atoms with Crippen LogP contribution < -0.4 is 10.1 Å². The van der Waals surface area contributed by atoms with Crippen molar-refractivity contribution in [2.75, 3.05) is 11.9 Å². The van der Waals surface area contributed by atoms with Gasteiger partial charge < -0.3 is 10.1 Å². The van der Waals surface area contributed by atoms with Crippen molar-refractivity contribution >= 4 is 28.1 Å². The van der Waals surface area contributed by atoms with Crippen LogP contribution >= 0.6 is 11.6 Å². The second-order valence-electron chi connectivity index (χ2n) is 5.08. The lowest BCUT2D eigenvalue weighted by Gasteiger charge is -2.11. The van der Waals surface area contributed by atoms with E-state index in [0.717, 1.165) is 23.5 Å².